The van der Waals surface area contributed by atoms with Gasteiger partial charge in [0, 0.05) is 23.9 Å². The van der Waals surface area contributed by atoms with Crippen LogP contribution >= 0.6 is 27.3 Å². The molecule has 1 aromatic heterocycles. The van der Waals surface area contributed by atoms with E-state index in [1.807, 2.05) is 12.1 Å². The van der Waals surface area contributed by atoms with Crippen molar-refractivity contribution in [1.82, 2.24) is 4.90 Å². The normalized spacial score (nSPS) is 23.2. The molecule has 0 unspecified atom stereocenters. The van der Waals surface area contributed by atoms with E-state index in [9.17, 15) is 14.7 Å². The maximum Gasteiger partial charge on any atom is 0.326 e. The van der Waals surface area contributed by atoms with Crippen molar-refractivity contribution in [3.05, 3.63) is 26.9 Å². The molecule has 102 valence electrons. The summed E-state index contributed by atoms with van der Waals surface area (Å²) < 4.78 is 0.958. The minimum atomic E-state index is -1.09. The van der Waals surface area contributed by atoms with Crippen molar-refractivity contribution in [3.8, 4) is 0 Å². The van der Waals surface area contributed by atoms with Gasteiger partial charge in [-0.2, -0.15) is 0 Å². The van der Waals surface area contributed by atoms with Crippen molar-refractivity contribution >= 4 is 45.2 Å². The summed E-state index contributed by atoms with van der Waals surface area (Å²) in [7, 11) is 0. The lowest BCUT2D eigenvalue weighted by atomic mass is 10.2. The van der Waals surface area contributed by atoms with Crippen LogP contribution in [-0.4, -0.2) is 45.7 Å². The van der Waals surface area contributed by atoms with Gasteiger partial charge in [0.1, 0.15) is 6.04 Å². The fourth-order valence-electron chi connectivity index (χ4n) is 1.96. The molecule has 0 radical (unpaired) electrons. The second kappa shape index (κ2) is 5.85. The van der Waals surface area contributed by atoms with Crippen molar-refractivity contribution in [1.29, 1.82) is 0 Å². The first kappa shape index (κ1) is 14.2. The largest absolute Gasteiger partial charge is 0.480 e. The van der Waals surface area contributed by atoms with Crippen LogP contribution in [0.25, 0.3) is 6.08 Å². The number of β-amino-alcohol motifs (C(OH)–C–C–N with tert-alkyl or cyclic N) is 1. The van der Waals surface area contributed by atoms with Crippen LogP contribution in [0.3, 0.4) is 0 Å². The van der Waals surface area contributed by atoms with E-state index in [0.29, 0.717) is 0 Å². The van der Waals surface area contributed by atoms with Crippen LogP contribution in [0.1, 0.15) is 11.3 Å². The Labute approximate surface area is 122 Å². The molecule has 1 fully saturated rings. The third kappa shape index (κ3) is 3.43. The van der Waals surface area contributed by atoms with Gasteiger partial charge in [-0.3, -0.25) is 4.79 Å². The summed E-state index contributed by atoms with van der Waals surface area (Å²) in [6.45, 7) is 0.0638. The minimum absolute atomic E-state index is 0.0638. The van der Waals surface area contributed by atoms with Gasteiger partial charge < -0.3 is 15.1 Å². The SMILES string of the molecule is O=C(O)[C@@H]1C[C@@H](O)CN1C(=O)C=Cc1ccc(Br)s1. The third-order valence-electron chi connectivity index (χ3n) is 2.83. The Morgan fingerprint density at radius 1 is 1.47 bits per heavy atom. The first-order valence-corrected chi connectivity index (χ1v) is 7.23. The Hall–Kier alpha value is -1.18. The maximum absolute atomic E-state index is 11.9. The van der Waals surface area contributed by atoms with E-state index < -0.39 is 24.0 Å². The van der Waals surface area contributed by atoms with E-state index in [-0.39, 0.29) is 13.0 Å². The van der Waals surface area contributed by atoms with Crippen LogP contribution < -0.4 is 0 Å². The number of rotatable bonds is 3. The Morgan fingerprint density at radius 2 is 2.21 bits per heavy atom. The van der Waals surface area contributed by atoms with Crippen LogP contribution in [-0.2, 0) is 9.59 Å². The molecular weight excluding hydrogens is 334 g/mol. The average Bonchev–Trinajstić information content (AvgIpc) is 2.92. The van der Waals surface area contributed by atoms with Crippen LogP contribution in [0.5, 0.6) is 0 Å². The number of aliphatic hydroxyl groups is 1. The zero-order valence-electron chi connectivity index (χ0n) is 9.82. The number of amides is 1. The number of carbonyl (C=O) groups is 2. The van der Waals surface area contributed by atoms with Crippen LogP contribution in [0.2, 0.25) is 0 Å². The molecular formula is C12H12BrNO4S. The highest BCUT2D eigenvalue weighted by atomic mass is 79.9. The van der Waals surface area contributed by atoms with Gasteiger partial charge in [0.05, 0.1) is 9.89 Å². The highest BCUT2D eigenvalue weighted by molar-refractivity contribution is 9.11. The zero-order valence-corrected chi connectivity index (χ0v) is 12.2. The highest BCUT2D eigenvalue weighted by Gasteiger charge is 2.37. The lowest BCUT2D eigenvalue weighted by Gasteiger charge is -2.19. The van der Waals surface area contributed by atoms with Gasteiger partial charge in [-0.1, -0.05) is 0 Å². The summed E-state index contributed by atoms with van der Waals surface area (Å²) in [5.41, 5.74) is 0. The van der Waals surface area contributed by atoms with E-state index in [4.69, 9.17) is 5.11 Å². The molecule has 2 rings (SSSR count). The minimum Gasteiger partial charge on any atom is -0.480 e. The molecule has 19 heavy (non-hydrogen) atoms. The Kier molecular flexibility index (Phi) is 4.38. The van der Waals surface area contributed by atoms with E-state index in [0.717, 1.165) is 8.66 Å². The molecule has 1 aliphatic heterocycles. The molecule has 5 nitrogen and oxygen atoms in total. The summed E-state index contributed by atoms with van der Waals surface area (Å²) in [5.74, 6) is -1.48. The number of carboxylic acid groups (broad SMARTS) is 1. The average molecular weight is 346 g/mol. The lowest BCUT2D eigenvalue weighted by molar-refractivity contribution is -0.146. The molecule has 0 bridgehead atoms. The predicted molar refractivity (Wildman–Crippen MR) is 74.8 cm³/mol. The molecule has 1 aromatic rings. The number of carboxylic acids is 1. The lowest BCUT2D eigenvalue weighted by Crippen LogP contribution is -2.39. The monoisotopic (exact) mass is 345 g/mol. The molecule has 2 atom stereocenters. The van der Waals surface area contributed by atoms with Gasteiger partial charge in [-0.05, 0) is 34.1 Å². The topological polar surface area (TPSA) is 77.8 Å². The number of aliphatic hydroxyl groups excluding tert-OH is 1. The number of aliphatic carboxylic acids is 1. The van der Waals surface area contributed by atoms with Crippen molar-refractivity contribution in [3.63, 3.8) is 0 Å². The van der Waals surface area contributed by atoms with Crippen LogP contribution in [0, 0.1) is 0 Å². The number of carbonyl (C=O) groups excluding carboxylic acids is 1. The smallest absolute Gasteiger partial charge is 0.326 e. The van der Waals surface area contributed by atoms with Gasteiger partial charge in [0.15, 0.2) is 0 Å². The van der Waals surface area contributed by atoms with Crippen molar-refractivity contribution in [2.75, 3.05) is 6.54 Å². The van der Waals surface area contributed by atoms with Gasteiger partial charge in [-0.15, -0.1) is 11.3 Å². The Bertz CT molecular complexity index is 528. The van der Waals surface area contributed by atoms with Gasteiger partial charge >= 0.3 is 5.97 Å². The first-order valence-electron chi connectivity index (χ1n) is 5.62. The number of likely N-dealkylation sites (tertiary alicyclic amines) is 1. The van der Waals surface area contributed by atoms with Crippen molar-refractivity contribution in [2.45, 2.75) is 18.6 Å². The zero-order chi connectivity index (χ0) is 14.0. The number of hydrogen-bond acceptors (Lipinski definition) is 4. The molecule has 2 heterocycles. The van der Waals surface area contributed by atoms with Gasteiger partial charge in [-0.25, -0.2) is 4.79 Å². The molecule has 0 aromatic carbocycles. The number of hydrogen-bond donors (Lipinski definition) is 2. The van der Waals surface area contributed by atoms with E-state index >= 15 is 0 Å². The number of halogens is 1. The fourth-order valence-corrected chi connectivity index (χ4v) is 3.28. The fraction of sp³-hybridized carbons (Fsp3) is 0.333. The summed E-state index contributed by atoms with van der Waals surface area (Å²) in [6, 6.07) is 2.78. The van der Waals surface area contributed by atoms with Crippen molar-refractivity contribution in [2.24, 2.45) is 0 Å². The third-order valence-corrected chi connectivity index (χ3v) is 4.42. The Morgan fingerprint density at radius 3 is 2.79 bits per heavy atom. The molecule has 1 saturated heterocycles. The quantitative estimate of drug-likeness (QED) is 0.815. The second-order valence-corrected chi connectivity index (χ2v) is 6.70. The predicted octanol–water partition coefficient (Wildman–Crippen LogP) is 1.57. The summed E-state index contributed by atoms with van der Waals surface area (Å²) in [4.78, 5) is 25.0. The second-order valence-electron chi connectivity index (χ2n) is 4.21. The van der Waals surface area contributed by atoms with E-state index in [2.05, 4.69) is 15.9 Å². The number of thiophene rings is 1. The van der Waals surface area contributed by atoms with E-state index in [1.165, 1.54) is 22.3 Å². The maximum atomic E-state index is 11.9. The molecule has 1 aliphatic rings. The molecule has 1 amide bonds. The van der Waals surface area contributed by atoms with Crippen LogP contribution in [0.15, 0.2) is 22.0 Å². The molecule has 7 heteroatoms. The Balaban J connectivity index is 2.06. The van der Waals surface area contributed by atoms with E-state index in [1.54, 1.807) is 6.08 Å². The van der Waals surface area contributed by atoms with Crippen LogP contribution in [0.4, 0.5) is 0 Å². The molecule has 0 aliphatic carbocycles. The van der Waals surface area contributed by atoms with Crippen molar-refractivity contribution < 1.29 is 19.8 Å². The van der Waals surface area contributed by atoms with Gasteiger partial charge in [0.25, 0.3) is 0 Å². The summed E-state index contributed by atoms with van der Waals surface area (Å²) >= 11 is 4.79. The summed E-state index contributed by atoms with van der Waals surface area (Å²) in [6.07, 6.45) is 2.29. The molecule has 0 saturated carbocycles. The highest BCUT2D eigenvalue weighted by Crippen LogP contribution is 2.24. The molecule has 2 N–H and O–H groups in total. The van der Waals surface area contributed by atoms with Gasteiger partial charge in [0.2, 0.25) is 5.91 Å². The first-order chi connectivity index (χ1) is 8.97. The summed E-state index contributed by atoms with van der Waals surface area (Å²) in [5, 5.41) is 18.5. The number of nitrogens with zero attached hydrogens (tertiary/aromatic N) is 1. The standard InChI is InChI=1S/C12H12BrNO4S/c13-10-3-1-8(19-10)2-4-11(16)14-6-7(15)5-9(14)12(17)18/h1-4,7,9,15H,5-6H2,(H,17,18)/t7-,9+/m1/s1. The molecule has 0 spiro atoms.